The van der Waals surface area contributed by atoms with Crippen LogP contribution < -0.4 is 0 Å². The molecular weight excluding hydrogens is 287 g/mol. The van der Waals surface area contributed by atoms with Gasteiger partial charge in [-0.05, 0) is 55.7 Å². The quantitative estimate of drug-likeness (QED) is 0.590. The molecule has 106 valence electrons. The first-order valence-corrected chi connectivity index (χ1v) is 7.04. The maximum atomic E-state index is 14.1. The SMILES string of the molecule is Cc1ccc(-c2nc(Cl)c3c(C)cc(C)cc3n2)c(F)c1. The van der Waals surface area contributed by atoms with Crippen LogP contribution in [0.2, 0.25) is 5.15 Å². The monoisotopic (exact) mass is 300 g/mol. The maximum absolute atomic E-state index is 14.1. The summed E-state index contributed by atoms with van der Waals surface area (Å²) < 4.78 is 14.1. The van der Waals surface area contributed by atoms with Gasteiger partial charge in [0.05, 0.1) is 11.1 Å². The average molecular weight is 301 g/mol. The van der Waals surface area contributed by atoms with Crippen molar-refractivity contribution < 1.29 is 4.39 Å². The summed E-state index contributed by atoms with van der Waals surface area (Å²) >= 11 is 6.28. The summed E-state index contributed by atoms with van der Waals surface area (Å²) in [6.07, 6.45) is 0. The number of aryl methyl sites for hydroxylation is 3. The van der Waals surface area contributed by atoms with Gasteiger partial charge in [-0.1, -0.05) is 23.7 Å². The zero-order valence-corrected chi connectivity index (χ0v) is 12.8. The molecule has 1 aromatic heterocycles. The van der Waals surface area contributed by atoms with Crippen LogP contribution in [-0.4, -0.2) is 9.97 Å². The summed E-state index contributed by atoms with van der Waals surface area (Å²) in [4.78, 5) is 8.75. The molecule has 3 aromatic rings. The van der Waals surface area contributed by atoms with E-state index in [0.717, 1.165) is 27.6 Å². The Morgan fingerprint density at radius 3 is 2.43 bits per heavy atom. The maximum Gasteiger partial charge on any atom is 0.164 e. The Morgan fingerprint density at radius 2 is 1.71 bits per heavy atom. The zero-order valence-electron chi connectivity index (χ0n) is 12.0. The molecule has 0 saturated carbocycles. The van der Waals surface area contributed by atoms with E-state index >= 15 is 0 Å². The van der Waals surface area contributed by atoms with Crippen molar-refractivity contribution in [1.82, 2.24) is 9.97 Å². The largest absolute Gasteiger partial charge is 0.228 e. The highest BCUT2D eigenvalue weighted by molar-refractivity contribution is 6.34. The Labute approximate surface area is 127 Å². The summed E-state index contributed by atoms with van der Waals surface area (Å²) in [5.74, 6) is -0.0233. The van der Waals surface area contributed by atoms with E-state index in [-0.39, 0.29) is 5.82 Å². The van der Waals surface area contributed by atoms with E-state index in [9.17, 15) is 4.39 Å². The predicted octanol–water partition coefficient (Wildman–Crippen LogP) is 5.01. The van der Waals surface area contributed by atoms with Crippen LogP contribution in [0, 0.1) is 26.6 Å². The van der Waals surface area contributed by atoms with Crippen molar-refractivity contribution in [2.45, 2.75) is 20.8 Å². The van der Waals surface area contributed by atoms with Crippen molar-refractivity contribution in [3.8, 4) is 11.4 Å². The number of nitrogens with zero attached hydrogens (tertiary/aromatic N) is 2. The Morgan fingerprint density at radius 1 is 0.952 bits per heavy atom. The van der Waals surface area contributed by atoms with Crippen LogP contribution in [0.4, 0.5) is 4.39 Å². The lowest BCUT2D eigenvalue weighted by atomic mass is 10.1. The highest BCUT2D eigenvalue weighted by Crippen LogP contribution is 2.29. The first-order valence-electron chi connectivity index (χ1n) is 6.67. The van der Waals surface area contributed by atoms with Crippen molar-refractivity contribution in [1.29, 1.82) is 0 Å². The lowest BCUT2D eigenvalue weighted by Gasteiger charge is -2.09. The molecule has 0 amide bonds. The molecule has 0 radical (unpaired) electrons. The molecule has 21 heavy (non-hydrogen) atoms. The van der Waals surface area contributed by atoms with Gasteiger partial charge in [-0.3, -0.25) is 0 Å². The third kappa shape index (κ3) is 2.49. The van der Waals surface area contributed by atoms with Crippen molar-refractivity contribution in [2.75, 3.05) is 0 Å². The van der Waals surface area contributed by atoms with Crippen molar-refractivity contribution in [3.05, 3.63) is 58.0 Å². The minimum atomic E-state index is -0.338. The molecule has 0 atom stereocenters. The number of fused-ring (bicyclic) bond motifs is 1. The molecular formula is C17H14ClFN2. The summed E-state index contributed by atoms with van der Waals surface area (Å²) in [6, 6.07) is 8.96. The van der Waals surface area contributed by atoms with Crippen LogP contribution >= 0.6 is 11.6 Å². The molecule has 0 aliphatic carbocycles. The lowest BCUT2D eigenvalue weighted by molar-refractivity contribution is 0.629. The van der Waals surface area contributed by atoms with Crippen LogP contribution in [0.1, 0.15) is 16.7 Å². The normalized spacial score (nSPS) is 11.1. The topological polar surface area (TPSA) is 25.8 Å². The van der Waals surface area contributed by atoms with E-state index in [1.165, 1.54) is 6.07 Å². The molecule has 0 aliphatic heterocycles. The van der Waals surface area contributed by atoms with Gasteiger partial charge in [-0.25, -0.2) is 14.4 Å². The molecule has 0 unspecified atom stereocenters. The van der Waals surface area contributed by atoms with Gasteiger partial charge in [0.1, 0.15) is 11.0 Å². The molecule has 0 N–H and O–H groups in total. The highest BCUT2D eigenvalue weighted by Gasteiger charge is 2.13. The van der Waals surface area contributed by atoms with Crippen molar-refractivity contribution in [3.63, 3.8) is 0 Å². The Hall–Kier alpha value is -2.00. The third-order valence-corrected chi connectivity index (χ3v) is 3.73. The smallest absolute Gasteiger partial charge is 0.164 e. The second-order valence-corrected chi connectivity index (χ2v) is 5.66. The minimum absolute atomic E-state index is 0.315. The van der Waals surface area contributed by atoms with Gasteiger partial charge >= 0.3 is 0 Å². The summed E-state index contributed by atoms with van der Waals surface area (Å²) in [7, 11) is 0. The molecule has 0 spiro atoms. The van der Waals surface area contributed by atoms with Crippen LogP contribution in [0.3, 0.4) is 0 Å². The van der Waals surface area contributed by atoms with E-state index in [0.29, 0.717) is 16.5 Å². The van der Waals surface area contributed by atoms with Gasteiger partial charge in [0.25, 0.3) is 0 Å². The summed E-state index contributed by atoms with van der Waals surface area (Å²) in [6.45, 7) is 5.80. The first-order chi connectivity index (χ1) is 9.95. The van der Waals surface area contributed by atoms with Crippen LogP contribution in [-0.2, 0) is 0 Å². The van der Waals surface area contributed by atoms with Gasteiger partial charge in [0, 0.05) is 5.39 Å². The number of aromatic nitrogens is 2. The molecule has 1 heterocycles. The molecule has 2 aromatic carbocycles. The molecule has 0 aliphatic rings. The fourth-order valence-corrected chi connectivity index (χ4v) is 2.84. The second kappa shape index (κ2) is 5.08. The number of halogens is 2. The number of rotatable bonds is 1. The molecule has 0 bridgehead atoms. The van der Waals surface area contributed by atoms with E-state index in [1.807, 2.05) is 39.0 Å². The standard InChI is InChI=1S/C17H14ClFN2/c1-9-4-5-12(13(19)7-9)17-20-14-8-10(2)6-11(3)15(14)16(18)21-17/h4-8H,1-3H3. The summed E-state index contributed by atoms with van der Waals surface area (Å²) in [5, 5.41) is 1.17. The lowest BCUT2D eigenvalue weighted by Crippen LogP contribution is -1.96. The Bertz CT molecular complexity index is 859. The Balaban J connectivity index is 2.30. The summed E-state index contributed by atoms with van der Waals surface area (Å²) in [5.41, 5.74) is 4.07. The number of hydrogen-bond acceptors (Lipinski definition) is 2. The number of hydrogen-bond donors (Lipinski definition) is 0. The number of benzene rings is 2. The molecule has 2 nitrogen and oxygen atoms in total. The molecule has 0 fully saturated rings. The van der Waals surface area contributed by atoms with Gasteiger partial charge in [-0.2, -0.15) is 0 Å². The van der Waals surface area contributed by atoms with Gasteiger partial charge in [-0.15, -0.1) is 0 Å². The van der Waals surface area contributed by atoms with Crippen LogP contribution in [0.15, 0.2) is 30.3 Å². The van der Waals surface area contributed by atoms with Crippen LogP contribution in [0.5, 0.6) is 0 Å². The van der Waals surface area contributed by atoms with Crippen molar-refractivity contribution in [2.24, 2.45) is 0 Å². The third-order valence-electron chi connectivity index (χ3n) is 3.46. The average Bonchev–Trinajstić information content (AvgIpc) is 2.36. The molecule has 0 saturated heterocycles. The van der Waals surface area contributed by atoms with Gasteiger partial charge < -0.3 is 0 Å². The van der Waals surface area contributed by atoms with E-state index in [4.69, 9.17) is 11.6 Å². The zero-order chi connectivity index (χ0) is 15.1. The fraction of sp³-hybridized carbons (Fsp3) is 0.176. The Kier molecular flexibility index (Phi) is 3.38. The van der Waals surface area contributed by atoms with E-state index in [2.05, 4.69) is 9.97 Å². The van der Waals surface area contributed by atoms with Crippen LogP contribution in [0.25, 0.3) is 22.3 Å². The van der Waals surface area contributed by atoms with E-state index in [1.54, 1.807) is 6.07 Å². The minimum Gasteiger partial charge on any atom is -0.228 e. The second-order valence-electron chi connectivity index (χ2n) is 5.30. The van der Waals surface area contributed by atoms with Crippen molar-refractivity contribution >= 4 is 22.5 Å². The van der Waals surface area contributed by atoms with Gasteiger partial charge in [0.2, 0.25) is 0 Å². The fourth-order valence-electron chi connectivity index (χ4n) is 2.51. The van der Waals surface area contributed by atoms with Gasteiger partial charge in [0.15, 0.2) is 5.82 Å². The molecule has 3 rings (SSSR count). The predicted molar refractivity (Wildman–Crippen MR) is 84.2 cm³/mol. The van der Waals surface area contributed by atoms with E-state index < -0.39 is 0 Å². The molecule has 4 heteroatoms. The highest BCUT2D eigenvalue weighted by atomic mass is 35.5. The first kappa shape index (κ1) is 14.0.